The van der Waals surface area contributed by atoms with Crippen LogP contribution < -0.4 is 4.74 Å². The SMILES string of the molecule is CSc1ccc(C2(c3ccc(SC)cc3)C=Cc3c(O)cc4cccc(F)c4c3O2)cc1. The van der Waals surface area contributed by atoms with Crippen LogP contribution in [-0.4, -0.2) is 17.6 Å². The quantitative estimate of drug-likeness (QED) is 0.320. The molecule has 0 radical (unpaired) electrons. The highest BCUT2D eigenvalue weighted by Gasteiger charge is 2.38. The predicted octanol–water partition coefficient (Wildman–Crippen LogP) is 7.48. The second-order valence-corrected chi connectivity index (χ2v) is 9.36. The summed E-state index contributed by atoms with van der Waals surface area (Å²) in [5.41, 5.74) is 1.40. The number of phenolic OH excluding ortho intramolecular Hbond substituents is 1. The summed E-state index contributed by atoms with van der Waals surface area (Å²) in [5, 5.41) is 11.6. The van der Waals surface area contributed by atoms with Gasteiger partial charge in [-0.1, -0.05) is 36.4 Å². The zero-order chi connectivity index (χ0) is 22.3. The number of aromatic hydroxyl groups is 1. The molecule has 0 saturated carbocycles. The molecule has 4 aromatic rings. The van der Waals surface area contributed by atoms with Crippen molar-refractivity contribution in [3.05, 3.63) is 101 Å². The predicted molar refractivity (Wildman–Crippen MR) is 132 cm³/mol. The van der Waals surface area contributed by atoms with Gasteiger partial charge in [-0.25, -0.2) is 4.39 Å². The molecule has 2 nitrogen and oxygen atoms in total. The van der Waals surface area contributed by atoms with Crippen LogP contribution in [0.1, 0.15) is 16.7 Å². The lowest BCUT2D eigenvalue weighted by Crippen LogP contribution is -2.34. The summed E-state index contributed by atoms with van der Waals surface area (Å²) in [5.74, 6) is 0.0420. The Hall–Kier alpha value is -2.89. The van der Waals surface area contributed by atoms with Gasteiger partial charge in [-0.15, -0.1) is 23.5 Å². The van der Waals surface area contributed by atoms with Crippen molar-refractivity contribution in [3.8, 4) is 11.5 Å². The Morgan fingerprint density at radius 2 is 1.44 bits per heavy atom. The van der Waals surface area contributed by atoms with Crippen LogP contribution in [0.3, 0.4) is 0 Å². The molecule has 0 bridgehead atoms. The first-order chi connectivity index (χ1) is 15.6. The molecule has 1 N–H and O–H groups in total. The number of ether oxygens (including phenoxy) is 1. The molecule has 5 heteroatoms. The van der Waals surface area contributed by atoms with E-state index in [0.717, 1.165) is 20.9 Å². The minimum atomic E-state index is -0.954. The number of thioether (sulfide) groups is 2. The topological polar surface area (TPSA) is 29.5 Å². The molecule has 0 fully saturated rings. The maximum Gasteiger partial charge on any atom is 0.178 e. The lowest BCUT2D eigenvalue weighted by atomic mass is 9.83. The van der Waals surface area contributed by atoms with Gasteiger partial charge in [0.2, 0.25) is 0 Å². The molecule has 5 rings (SSSR count). The molecule has 1 aliphatic heterocycles. The van der Waals surface area contributed by atoms with Gasteiger partial charge >= 0.3 is 0 Å². The molecule has 32 heavy (non-hydrogen) atoms. The molecular formula is C27H21FO2S2. The monoisotopic (exact) mass is 460 g/mol. The fraction of sp³-hybridized carbons (Fsp3) is 0.111. The van der Waals surface area contributed by atoms with Crippen LogP contribution in [0, 0.1) is 5.82 Å². The molecule has 0 aliphatic carbocycles. The smallest absolute Gasteiger partial charge is 0.178 e. The molecule has 0 amide bonds. The van der Waals surface area contributed by atoms with Gasteiger partial charge in [0.05, 0.1) is 10.9 Å². The maximum atomic E-state index is 15.0. The van der Waals surface area contributed by atoms with E-state index in [9.17, 15) is 9.50 Å². The highest BCUT2D eigenvalue weighted by atomic mass is 32.2. The van der Waals surface area contributed by atoms with Crippen LogP contribution in [0.5, 0.6) is 11.5 Å². The van der Waals surface area contributed by atoms with Gasteiger partial charge in [0.25, 0.3) is 0 Å². The number of rotatable bonds is 4. The summed E-state index contributed by atoms with van der Waals surface area (Å²) < 4.78 is 21.7. The standard InChI is InChI=1S/C27H21FO2S2/c1-31-20-10-6-18(7-11-20)27(19-8-12-21(32-2)13-9-19)15-14-22-24(29)16-17-4-3-5-23(28)25(17)26(22)30-27/h3-16,29H,1-2H3. The van der Waals surface area contributed by atoms with Crippen molar-refractivity contribution in [2.75, 3.05) is 12.5 Å². The van der Waals surface area contributed by atoms with Crippen LogP contribution in [0.4, 0.5) is 4.39 Å². The summed E-state index contributed by atoms with van der Waals surface area (Å²) in [6.07, 6.45) is 7.86. The Morgan fingerprint density at radius 1 is 0.844 bits per heavy atom. The Morgan fingerprint density at radius 3 is 2.00 bits per heavy atom. The van der Waals surface area contributed by atoms with Crippen molar-refractivity contribution in [2.24, 2.45) is 0 Å². The maximum absolute atomic E-state index is 15.0. The zero-order valence-corrected chi connectivity index (χ0v) is 19.3. The van der Waals surface area contributed by atoms with E-state index >= 15 is 0 Å². The molecule has 0 saturated heterocycles. The Kier molecular flexibility index (Phi) is 5.39. The number of halogens is 1. The molecule has 0 aromatic heterocycles. The average Bonchev–Trinajstić information content (AvgIpc) is 2.84. The van der Waals surface area contributed by atoms with E-state index in [4.69, 9.17) is 4.74 Å². The Balaban J connectivity index is 1.77. The van der Waals surface area contributed by atoms with Gasteiger partial charge in [-0.3, -0.25) is 0 Å². The second-order valence-electron chi connectivity index (χ2n) is 7.60. The molecule has 160 valence electrons. The molecular weight excluding hydrogens is 439 g/mol. The number of hydrogen-bond acceptors (Lipinski definition) is 4. The van der Waals surface area contributed by atoms with Gasteiger partial charge in [0.15, 0.2) is 5.60 Å². The highest BCUT2D eigenvalue weighted by Crippen LogP contribution is 2.48. The number of hydrogen-bond donors (Lipinski definition) is 1. The van der Waals surface area contributed by atoms with Crippen molar-refractivity contribution in [2.45, 2.75) is 15.4 Å². The largest absolute Gasteiger partial charge is 0.507 e. The third-order valence-electron chi connectivity index (χ3n) is 5.87. The summed E-state index contributed by atoms with van der Waals surface area (Å²) in [6, 6.07) is 22.9. The van der Waals surface area contributed by atoms with Crippen molar-refractivity contribution >= 4 is 40.4 Å². The highest BCUT2D eigenvalue weighted by molar-refractivity contribution is 7.98. The van der Waals surface area contributed by atoms with Crippen LogP contribution >= 0.6 is 23.5 Å². The number of phenols is 1. The van der Waals surface area contributed by atoms with Crippen LogP contribution in [0.25, 0.3) is 16.8 Å². The summed E-state index contributed by atoms with van der Waals surface area (Å²) >= 11 is 3.35. The summed E-state index contributed by atoms with van der Waals surface area (Å²) in [4.78, 5) is 2.30. The first-order valence-electron chi connectivity index (χ1n) is 10.2. The third kappa shape index (κ3) is 3.37. The molecule has 0 unspecified atom stereocenters. The summed E-state index contributed by atoms with van der Waals surface area (Å²) in [6.45, 7) is 0. The van der Waals surface area contributed by atoms with Gasteiger partial charge < -0.3 is 9.84 Å². The molecule has 1 aliphatic rings. The van der Waals surface area contributed by atoms with E-state index in [1.165, 1.54) is 6.07 Å². The third-order valence-corrected chi connectivity index (χ3v) is 7.36. The first-order valence-corrected chi connectivity index (χ1v) is 12.6. The number of fused-ring (bicyclic) bond motifs is 3. The van der Waals surface area contributed by atoms with Gasteiger partial charge in [-0.05, 0) is 66.4 Å². The zero-order valence-electron chi connectivity index (χ0n) is 17.6. The van der Waals surface area contributed by atoms with E-state index in [2.05, 4.69) is 24.3 Å². The summed E-state index contributed by atoms with van der Waals surface area (Å²) in [7, 11) is 0. The van der Waals surface area contributed by atoms with E-state index < -0.39 is 5.60 Å². The van der Waals surface area contributed by atoms with Crippen molar-refractivity contribution in [1.29, 1.82) is 0 Å². The minimum absolute atomic E-state index is 0.0680. The fourth-order valence-corrected chi connectivity index (χ4v) is 5.01. The van der Waals surface area contributed by atoms with Gasteiger partial charge in [-0.2, -0.15) is 0 Å². The minimum Gasteiger partial charge on any atom is -0.507 e. The van der Waals surface area contributed by atoms with E-state index in [-0.39, 0.29) is 11.6 Å². The molecule has 1 heterocycles. The van der Waals surface area contributed by atoms with Crippen LogP contribution in [0.2, 0.25) is 0 Å². The van der Waals surface area contributed by atoms with Gasteiger partial charge in [0.1, 0.15) is 17.3 Å². The second kappa shape index (κ2) is 8.23. The van der Waals surface area contributed by atoms with Crippen molar-refractivity contribution < 1.29 is 14.2 Å². The normalized spacial score (nSPS) is 14.2. The van der Waals surface area contributed by atoms with E-state index in [1.54, 1.807) is 41.7 Å². The lowest BCUT2D eigenvalue weighted by molar-refractivity contribution is 0.162. The lowest BCUT2D eigenvalue weighted by Gasteiger charge is -2.37. The van der Waals surface area contributed by atoms with E-state index in [1.807, 2.05) is 48.9 Å². The van der Waals surface area contributed by atoms with Gasteiger partial charge in [0, 0.05) is 20.9 Å². The number of benzene rings is 4. The van der Waals surface area contributed by atoms with Crippen LogP contribution in [0.15, 0.2) is 88.7 Å². The first kappa shape index (κ1) is 21.0. The van der Waals surface area contributed by atoms with Crippen molar-refractivity contribution in [1.82, 2.24) is 0 Å². The Bertz CT molecular complexity index is 1280. The average molecular weight is 461 g/mol. The molecule has 0 atom stereocenters. The molecule has 0 spiro atoms. The Labute approximate surface area is 195 Å². The molecule has 4 aromatic carbocycles. The van der Waals surface area contributed by atoms with E-state index in [0.29, 0.717) is 22.1 Å². The fourth-order valence-electron chi connectivity index (χ4n) is 4.19. The van der Waals surface area contributed by atoms with Crippen molar-refractivity contribution in [3.63, 3.8) is 0 Å². The van der Waals surface area contributed by atoms with Crippen LogP contribution in [-0.2, 0) is 5.60 Å².